The highest BCUT2D eigenvalue weighted by Crippen LogP contribution is 2.20. The Labute approximate surface area is 157 Å². The van der Waals surface area contributed by atoms with Crippen LogP contribution in [0.5, 0.6) is 0 Å². The Balaban J connectivity index is 0.00000484. The van der Waals surface area contributed by atoms with Gasteiger partial charge in [0.25, 0.3) is 0 Å². The number of piperidine rings is 1. The molecule has 1 saturated heterocycles. The van der Waals surface area contributed by atoms with E-state index in [0.717, 1.165) is 32.2 Å². The van der Waals surface area contributed by atoms with Crippen LogP contribution in [0.1, 0.15) is 60.3 Å². The molecule has 1 fully saturated rings. The summed E-state index contributed by atoms with van der Waals surface area (Å²) in [5.41, 5.74) is 5.42. The molecule has 7 heteroatoms. The van der Waals surface area contributed by atoms with Crippen molar-refractivity contribution in [3.63, 3.8) is 0 Å². The van der Waals surface area contributed by atoms with Crippen molar-refractivity contribution in [3.05, 3.63) is 0 Å². The van der Waals surface area contributed by atoms with Crippen molar-refractivity contribution < 1.29 is 9.53 Å². The number of amides is 1. The Hall–Kier alpha value is -0.730. The van der Waals surface area contributed by atoms with Gasteiger partial charge in [0, 0.05) is 12.6 Å². The normalized spacial score (nSPS) is 20.5. The lowest BCUT2D eigenvalue weighted by Crippen LogP contribution is -2.48. The third kappa shape index (κ3) is 8.62. The first-order valence-electron chi connectivity index (χ1n) is 8.29. The molecule has 1 aliphatic rings. The maximum absolute atomic E-state index is 12.3. The molecule has 0 spiro atoms. The number of aliphatic imine (C=N–C) groups is 1. The molecule has 1 rings (SSSR count). The summed E-state index contributed by atoms with van der Waals surface area (Å²) in [5, 5.41) is 3.14. The molecule has 0 aromatic rings. The van der Waals surface area contributed by atoms with Gasteiger partial charge in [0.15, 0.2) is 5.96 Å². The Kier molecular flexibility index (Phi) is 9.88. The van der Waals surface area contributed by atoms with Crippen molar-refractivity contribution in [1.82, 2.24) is 10.2 Å². The fraction of sp³-hybridized carbons (Fsp3) is 0.875. The average Bonchev–Trinajstić information content (AvgIpc) is 2.43. The summed E-state index contributed by atoms with van der Waals surface area (Å²) in [4.78, 5) is 18.5. The van der Waals surface area contributed by atoms with Crippen molar-refractivity contribution in [2.75, 3.05) is 13.1 Å². The molecular formula is C16H33IN4O2. The molecule has 6 nitrogen and oxygen atoms in total. The fourth-order valence-corrected chi connectivity index (χ4v) is 2.36. The summed E-state index contributed by atoms with van der Waals surface area (Å²) in [6.45, 7) is 11.1. The van der Waals surface area contributed by atoms with Crippen LogP contribution >= 0.6 is 24.0 Å². The number of likely N-dealkylation sites (tertiary alicyclic amines) is 1. The number of nitrogens with two attached hydrogens (primary N) is 1. The maximum atomic E-state index is 12.3. The number of carbonyl (C=O) groups excluding carboxylic acids is 1. The van der Waals surface area contributed by atoms with E-state index in [1.165, 1.54) is 0 Å². The van der Waals surface area contributed by atoms with Gasteiger partial charge in [-0.1, -0.05) is 6.92 Å². The zero-order valence-corrected chi connectivity index (χ0v) is 17.4. The van der Waals surface area contributed by atoms with Crippen molar-refractivity contribution in [1.29, 1.82) is 0 Å². The summed E-state index contributed by atoms with van der Waals surface area (Å²) < 4.78 is 5.49. The summed E-state index contributed by atoms with van der Waals surface area (Å²) in [5.74, 6) is 0.448. The summed E-state index contributed by atoms with van der Waals surface area (Å²) in [6.07, 6.45) is 3.81. The minimum atomic E-state index is -0.473. The molecule has 3 N–H and O–H groups in total. The van der Waals surface area contributed by atoms with Crippen LogP contribution in [0.2, 0.25) is 0 Å². The molecule has 0 saturated carbocycles. The number of hydrogen-bond donors (Lipinski definition) is 2. The lowest BCUT2D eigenvalue weighted by atomic mass is 10.0. The van der Waals surface area contributed by atoms with Gasteiger partial charge in [-0.15, -0.1) is 24.0 Å². The number of nitrogens with zero attached hydrogens (tertiary/aromatic N) is 2. The van der Waals surface area contributed by atoms with Gasteiger partial charge in [0.2, 0.25) is 0 Å². The molecule has 23 heavy (non-hydrogen) atoms. The van der Waals surface area contributed by atoms with Gasteiger partial charge in [-0.3, -0.25) is 4.99 Å². The highest BCUT2D eigenvalue weighted by molar-refractivity contribution is 14.0. The number of rotatable bonds is 4. The van der Waals surface area contributed by atoms with E-state index in [-0.39, 0.29) is 36.1 Å². The number of carbonyl (C=O) groups is 1. The van der Waals surface area contributed by atoms with E-state index < -0.39 is 5.60 Å². The summed E-state index contributed by atoms with van der Waals surface area (Å²) >= 11 is 0. The van der Waals surface area contributed by atoms with Gasteiger partial charge in [0.1, 0.15) is 5.60 Å². The van der Waals surface area contributed by atoms with Crippen LogP contribution in [0.25, 0.3) is 0 Å². The van der Waals surface area contributed by atoms with E-state index >= 15 is 0 Å². The summed E-state index contributed by atoms with van der Waals surface area (Å²) in [7, 11) is 0. The van der Waals surface area contributed by atoms with Crippen LogP contribution in [0.3, 0.4) is 0 Å². The standard InChI is InChI=1S/C16H32N4O2.HI/c1-6-12(2)19-14(17)18-11-13-9-7-8-10-20(13)15(21)22-16(3,4)5;/h12-13H,6-11H2,1-5H3,(H3,17,18,19);1H. The van der Waals surface area contributed by atoms with Gasteiger partial charge in [-0.2, -0.15) is 0 Å². The van der Waals surface area contributed by atoms with Crippen LogP contribution in [0, 0.1) is 0 Å². The van der Waals surface area contributed by atoms with Crippen LogP contribution in [0.15, 0.2) is 4.99 Å². The third-order valence-corrected chi connectivity index (χ3v) is 3.73. The van der Waals surface area contributed by atoms with Crippen LogP contribution < -0.4 is 11.1 Å². The molecule has 2 atom stereocenters. The van der Waals surface area contributed by atoms with Gasteiger partial charge in [-0.25, -0.2) is 4.79 Å². The number of nitrogens with one attached hydrogen (secondary N) is 1. The lowest BCUT2D eigenvalue weighted by Gasteiger charge is -2.36. The smallest absolute Gasteiger partial charge is 0.410 e. The molecule has 0 aromatic carbocycles. The Morgan fingerprint density at radius 2 is 2.09 bits per heavy atom. The molecule has 136 valence electrons. The molecular weight excluding hydrogens is 407 g/mol. The van der Waals surface area contributed by atoms with Crippen molar-refractivity contribution in [2.24, 2.45) is 10.7 Å². The third-order valence-electron chi connectivity index (χ3n) is 3.73. The second kappa shape index (κ2) is 10.2. The second-order valence-corrected chi connectivity index (χ2v) is 7.00. The topological polar surface area (TPSA) is 80.0 Å². The van der Waals surface area contributed by atoms with E-state index in [0.29, 0.717) is 18.5 Å². The number of guanidine groups is 1. The number of hydrogen-bond acceptors (Lipinski definition) is 3. The van der Waals surface area contributed by atoms with E-state index in [2.05, 4.69) is 24.2 Å². The fourth-order valence-electron chi connectivity index (χ4n) is 2.36. The van der Waals surface area contributed by atoms with E-state index in [9.17, 15) is 4.79 Å². The zero-order valence-electron chi connectivity index (χ0n) is 15.1. The molecule has 0 bridgehead atoms. The Morgan fingerprint density at radius 1 is 1.43 bits per heavy atom. The molecule has 0 aromatic heterocycles. The molecule has 1 aliphatic heterocycles. The predicted molar refractivity (Wildman–Crippen MR) is 105 cm³/mol. The maximum Gasteiger partial charge on any atom is 0.410 e. The first kappa shape index (κ1) is 22.3. The first-order valence-corrected chi connectivity index (χ1v) is 8.29. The summed E-state index contributed by atoms with van der Waals surface area (Å²) in [6, 6.07) is 0.373. The van der Waals surface area contributed by atoms with Gasteiger partial charge < -0.3 is 20.7 Å². The van der Waals surface area contributed by atoms with Crippen LogP contribution in [-0.2, 0) is 4.74 Å². The average molecular weight is 440 g/mol. The predicted octanol–water partition coefficient (Wildman–Crippen LogP) is 3.10. The highest BCUT2D eigenvalue weighted by Gasteiger charge is 2.30. The molecule has 1 amide bonds. The van der Waals surface area contributed by atoms with Crippen molar-refractivity contribution >= 4 is 36.0 Å². The zero-order chi connectivity index (χ0) is 16.8. The Morgan fingerprint density at radius 3 is 2.65 bits per heavy atom. The quantitative estimate of drug-likeness (QED) is 0.400. The van der Waals surface area contributed by atoms with Crippen molar-refractivity contribution in [2.45, 2.75) is 78.0 Å². The van der Waals surface area contributed by atoms with Gasteiger partial charge in [-0.05, 0) is 53.4 Å². The minimum absolute atomic E-state index is 0. The van der Waals surface area contributed by atoms with Crippen molar-refractivity contribution in [3.8, 4) is 0 Å². The SMILES string of the molecule is CCC(C)NC(N)=NCC1CCCCN1C(=O)OC(C)(C)C.I. The van der Waals surface area contributed by atoms with Gasteiger partial charge in [0.05, 0.1) is 12.6 Å². The van der Waals surface area contributed by atoms with Crippen LogP contribution in [0.4, 0.5) is 4.79 Å². The van der Waals surface area contributed by atoms with E-state index in [4.69, 9.17) is 10.5 Å². The first-order chi connectivity index (χ1) is 10.2. The molecule has 0 aliphatic carbocycles. The molecule has 0 radical (unpaired) electrons. The lowest BCUT2D eigenvalue weighted by molar-refractivity contribution is 0.0110. The number of halogens is 1. The Bertz CT molecular complexity index is 396. The van der Waals surface area contributed by atoms with Crippen LogP contribution in [-0.4, -0.2) is 47.7 Å². The highest BCUT2D eigenvalue weighted by atomic mass is 127. The minimum Gasteiger partial charge on any atom is -0.444 e. The molecule has 2 unspecified atom stereocenters. The van der Waals surface area contributed by atoms with Gasteiger partial charge >= 0.3 is 6.09 Å². The monoisotopic (exact) mass is 440 g/mol. The van der Waals surface area contributed by atoms with E-state index in [1.807, 2.05) is 20.8 Å². The second-order valence-electron chi connectivity index (χ2n) is 7.00. The largest absolute Gasteiger partial charge is 0.444 e. The van der Waals surface area contributed by atoms with E-state index in [1.54, 1.807) is 4.90 Å². The molecule has 1 heterocycles. The number of ether oxygens (including phenoxy) is 1.